The van der Waals surface area contributed by atoms with Gasteiger partial charge in [0.25, 0.3) is 5.89 Å². The first-order valence-electron chi connectivity index (χ1n) is 8.06. The average molecular weight is 381 g/mol. The number of fused-ring (bicyclic) bond motifs is 1. The zero-order valence-electron chi connectivity index (χ0n) is 13.9. The predicted molar refractivity (Wildman–Crippen MR) is 98.8 cm³/mol. The molecule has 0 aliphatic carbocycles. The summed E-state index contributed by atoms with van der Waals surface area (Å²) < 4.78 is 12.0. The van der Waals surface area contributed by atoms with Gasteiger partial charge in [-0.2, -0.15) is 4.98 Å². The van der Waals surface area contributed by atoms with Crippen molar-refractivity contribution < 1.29 is 14.1 Å². The van der Waals surface area contributed by atoms with Gasteiger partial charge in [0.15, 0.2) is 11.8 Å². The third-order valence-electron chi connectivity index (χ3n) is 3.74. The molecule has 0 unspecified atom stereocenters. The van der Waals surface area contributed by atoms with Crippen molar-refractivity contribution in [3.05, 3.63) is 77.5 Å². The number of hydrogen-bond acceptors (Lipinski definition) is 6. The van der Waals surface area contributed by atoms with E-state index in [0.717, 1.165) is 5.56 Å². The standard InChI is InChI=1S/C19H13ClN4O3/c20-18-14(24-11-5-4-8-15(24)21-18)9-10-17(25)26-12-16-22-19(23-27-16)13-6-2-1-3-7-13/h1-11H,12H2/b10-9+. The number of nitrogens with zero attached hydrogens (tertiary/aromatic N) is 4. The molecule has 7 nitrogen and oxygen atoms in total. The fraction of sp³-hybridized carbons (Fsp3) is 0.0526. The zero-order valence-corrected chi connectivity index (χ0v) is 14.7. The number of halogens is 1. The summed E-state index contributed by atoms with van der Waals surface area (Å²) in [6.45, 7) is -0.121. The Morgan fingerprint density at radius 2 is 1.96 bits per heavy atom. The molecule has 3 aromatic heterocycles. The first kappa shape index (κ1) is 17.0. The molecule has 0 fully saturated rings. The van der Waals surface area contributed by atoms with Crippen molar-refractivity contribution in [2.24, 2.45) is 0 Å². The molecule has 4 rings (SSSR count). The lowest BCUT2D eigenvalue weighted by atomic mass is 10.2. The maximum Gasteiger partial charge on any atom is 0.331 e. The van der Waals surface area contributed by atoms with Gasteiger partial charge in [0.05, 0.1) is 5.69 Å². The van der Waals surface area contributed by atoms with E-state index >= 15 is 0 Å². The van der Waals surface area contributed by atoms with Crippen molar-refractivity contribution in [3.63, 3.8) is 0 Å². The number of carbonyl (C=O) groups excluding carboxylic acids is 1. The molecule has 0 saturated heterocycles. The van der Waals surface area contributed by atoms with Gasteiger partial charge >= 0.3 is 5.97 Å². The molecule has 0 saturated carbocycles. The number of carbonyl (C=O) groups is 1. The molecule has 0 aliphatic heterocycles. The van der Waals surface area contributed by atoms with Crippen molar-refractivity contribution in [1.82, 2.24) is 19.5 Å². The van der Waals surface area contributed by atoms with Crippen molar-refractivity contribution in [2.75, 3.05) is 0 Å². The van der Waals surface area contributed by atoms with E-state index in [4.69, 9.17) is 20.9 Å². The van der Waals surface area contributed by atoms with Crippen LogP contribution in [0.25, 0.3) is 23.1 Å². The van der Waals surface area contributed by atoms with Gasteiger partial charge < -0.3 is 9.26 Å². The lowest BCUT2D eigenvalue weighted by Crippen LogP contribution is -2.01. The number of pyridine rings is 1. The molecule has 27 heavy (non-hydrogen) atoms. The summed E-state index contributed by atoms with van der Waals surface area (Å²) in [7, 11) is 0. The first-order chi connectivity index (χ1) is 13.2. The number of imidazole rings is 1. The molecule has 0 amide bonds. The van der Waals surface area contributed by atoms with Crippen LogP contribution < -0.4 is 0 Å². The molecule has 0 bridgehead atoms. The fourth-order valence-corrected chi connectivity index (χ4v) is 2.72. The lowest BCUT2D eigenvalue weighted by Gasteiger charge is -1.98. The summed E-state index contributed by atoms with van der Waals surface area (Å²) in [5, 5.41) is 4.17. The molecule has 0 spiro atoms. The number of rotatable bonds is 5. The van der Waals surface area contributed by atoms with Crippen LogP contribution in [0.15, 0.2) is 65.3 Å². The second-order valence-electron chi connectivity index (χ2n) is 5.54. The van der Waals surface area contributed by atoms with Crippen LogP contribution >= 0.6 is 11.6 Å². The van der Waals surface area contributed by atoms with Crippen LogP contribution in [0.5, 0.6) is 0 Å². The summed E-state index contributed by atoms with van der Waals surface area (Å²) in [4.78, 5) is 20.4. The van der Waals surface area contributed by atoms with E-state index in [0.29, 0.717) is 22.3 Å². The predicted octanol–water partition coefficient (Wildman–Crippen LogP) is 3.79. The van der Waals surface area contributed by atoms with Crippen LogP contribution in [0.1, 0.15) is 11.6 Å². The number of aromatic nitrogens is 4. The Kier molecular flexibility index (Phi) is 4.67. The molecule has 1 aromatic carbocycles. The number of ether oxygens (including phenoxy) is 1. The van der Waals surface area contributed by atoms with Gasteiger partial charge in [-0.15, -0.1) is 0 Å². The van der Waals surface area contributed by atoms with Gasteiger partial charge in [0.2, 0.25) is 5.82 Å². The van der Waals surface area contributed by atoms with Gasteiger partial charge in [-0.3, -0.25) is 4.40 Å². The van der Waals surface area contributed by atoms with Crippen molar-refractivity contribution >= 4 is 29.3 Å². The summed E-state index contributed by atoms with van der Waals surface area (Å²) in [5.41, 5.74) is 2.10. The highest BCUT2D eigenvalue weighted by Gasteiger charge is 2.11. The molecule has 134 valence electrons. The molecular weight excluding hydrogens is 368 g/mol. The molecule has 8 heteroatoms. The lowest BCUT2D eigenvalue weighted by molar-refractivity contribution is -0.139. The Morgan fingerprint density at radius 3 is 2.81 bits per heavy atom. The number of hydrogen-bond donors (Lipinski definition) is 0. The maximum atomic E-state index is 12.0. The zero-order chi connectivity index (χ0) is 18.6. The van der Waals surface area contributed by atoms with Crippen molar-refractivity contribution in [3.8, 4) is 11.4 Å². The Hall–Kier alpha value is -3.45. The minimum atomic E-state index is -0.559. The van der Waals surface area contributed by atoms with E-state index < -0.39 is 5.97 Å². The van der Waals surface area contributed by atoms with Crippen LogP contribution in [-0.4, -0.2) is 25.5 Å². The summed E-state index contributed by atoms with van der Waals surface area (Å²) in [6, 6.07) is 14.9. The van der Waals surface area contributed by atoms with Crippen LogP contribution in [0.3, 0.4) is 0 Å². The summed E-state index contributed by atoms with van der Waals surface area (Å²) in [6.07, 6.45) is 4.63. The van der Waals surface area contributed by atoms with E-state index in [9.17, 15) is 4.79 Å². The van der Waals surface area contributed by atoms with Gasteiger partial charge in [-0.25, -0.2) is 9.78 Å². The van der Waals surface area contributed by atoms with E-state index in [-0.39, 0.29) is 12.5 Å². The highest BCUT2D eigenvalue weighted by Crippen LogP contribution is 2.19. The van der Waals surface area contributed by atoms with Gasteiger partial charge in [-0.05, 0) is 18.2 Å². The minimum absolute atomic E-state index is 0.121. The van der Waals surface area contributed by atoms with E-state index in [1.807, 2.05) is 54.7 Å². The Bertz CT molecular complexity index is 1120. The first-order valence-corrected chi connectivity index (χ1v) is 8.44. The Morgan fingerprint density at radius 1 is 1.15 bits per heavy atom. The highest BCUT2D eigenvalue weighted by molar-refractivity contribution is 6.31. The Balaban J connectivity index is 1.41. The monoisotopic (exact) mass is 380 g/mol. The number of benzene rings is 1. The SMILES string of the molecule is O=C(/C=C/c1c(Cl)nc2ccccn12)OCc1nc(-c2ccccc2)no1. The summed E-state index contributed by atoms with van der Waals surface area (Å²) in [5.74, 6) is 0.0922. The van der Waals surface area contributed by atoms with E-state index in [1.165, 1.54) is 6.08 Å². The molecular formula is C19H13ClN4O3. The van der Waals surface area contributed by atoms with Gasteiger partial charge in [-0.1, -0.05) is 53.2 Å². The van der Waals surface area contributed by atoms with Crippen LogP contribution in [0.2, 0.25) is 5.15 Å². The topological polar surface area (TPSA) is 82.5 Å². The fourth-order valence-electron chi connectivity index (χ4n) is 2.48. The molecule has 0 atom stereocenters. The molecule has 3 heterocycles. The molecule has 4 aromatic rings. The second kappa shape index (κ2) is 7.43. The van der Waals surface area contributed by atoms with Crippen LogP contribution in [0, 0.1) is 0 Å². The van der Waals surface area contributed by atoms with E-state index in [1.54, 1.807) is 10.5 Å². The second-order valence-corrected chi connectivity index (χ2v) is 5.89. The van der Waals surface area contributed by atoms with Crippen molar-refractivity contribution in [2.45, 2.75) is 6.61 Å². The van der Waals surface area contributed by atoms with Gasteiger partial charge in [0, 0.05) is 17.8 Å². The van der Waals surface area contributed by atoms with Gasteiger partial charge in [0.1, 0.15) is 5.65 Å². The van der Waals surface area contributed by atoms with Crippen LogP contribution in [0.4, 0.5) is 0 Å². The maximum absolute atomic E-state index is 12.0. The third-order valence-corrected chi connectivity index (χ3v) is 4.02. The van der Waals surface area contributed by atoms with E-state index in [2.05, 4.69) is 15.1 Å². The normalized spacial score (nSPS) is 11.3. The summed E-state index contributed by atoms with van der Waals surface area (Å²) >= 11 is 6.12. The third kappa shape index (κ3) is 3.73. The largest absolute Gasteiger partial charge is 0.452 e. The molecule has 0 aliphatic rings. The quantitative estimate of drug-likeness (QED) is 0.387. The smallest absolute Gasteiger partial charge is 0.331 e. The average Bonchev–Trinajstić information content (AvgIpc) is 3.29. The minimum Gasteiger partial charge on any atom is -0.452 e. The number of esters is 1. The van der Waals surface area contributed by atoms with Crippen molar-refractivity contribution in [1.29, 1.82) is 0 Å². The highest BCUT2D eigenvalue weighted by atomic mass is 35.5. The molecule has 0 N–H and O–H groups in total. The molecule has 0 radical (unpaired) electrons. The Labute approximate surface area is 158 Å². The van der Waals surface area contributed by atoms with Crippen LogP contribution in [-0.2, 0) is 16.1 Å².